The fourth-order valence-electron chi connectivity index (χ4n) is 2.81. The van der Waals surface area contributed by atoms with Crippen molar-refractivity contribution < 1.29 is 33.8 Å². The summed E-state index contributed by atoms with van der Waals surface area (Å²) in [5.74, 6) is 1.89. The highest BCUT2D eigenvalue weighted by Crippen LogP contribution is 2.35. The number of carbonyl (C=O) groups is 1. The smallest absolute Gasteiger partial charge is 0.489 e. The molecule has 0 aliphatic carbocycles. The van der Waals surface area contributed by atoms with Crippen molar-refractivity contribution in [2.75, 3.05) is 21.3 Å². The van der Waals surface area contributed by atoms with E-state index < -0.39 is 7.12 Å². The number of methoxy groups -OCH3 is 3. The summed E-state index contributed by atoms with van der Waals surface area (Å²) in [7, 11) is 2.79. The minimum atomic E-state index is -1.81. The standard InChI is InChI=1S/C20H20BNO7S/c1-26-14-4-5-15(17(7-14)27-2)20-22-13(11-30-20)10-29-19-8-16(21(24)25)12(9-23)6-18(19)28-3/h4-9,11,24-25H,10H2,1-3H3. The summed E-state index contributed by atoms with van der Waals surface area (Å²) in [4.78, 5) is 15.8. The number of aromatic nitrogens is 1. The summed E-state index contributed by atoms with van der Waals surface area (Å²) >= 11 is 1.44. The molecule has 3 rings (SSSR count). The minimum Gasteiger partial charge on any atom is -0.497 e. The molecule has 8 nitrogen and oxygen atoms in total. The third kappa shape index (κ3) is 4.56. The van der Waals surface area contributed by atoms with Crippen LogP contribution in [0.4, 0.5) is 0 Å². The maximum Gasteiger partial charge on any atom is 0.489 e. The maximum atomic E-state index is 11.2. The summed E-state index contributed by atoms with van der Waals surface area (Å²) in [6, 6.07) is 8.25. The fourth-order valence-corrected chi connectivity index (χ4v) is 3.65. The van der Waals surface area contributed by atoms with Gasteiger partial charge in [0, 0.05) is 17.0 Å². The van der Waals surface area contributed by atoms with Crippen LogP contribution in [0.25, 0.3) is 10.6 Å². The van der Waals surface area contributed by atoms with Crippen LogP contribution >= 0.6 is 11.3 Å². The predicted octanol–water partition coefficient (Wildman–Crippen LogP) is 1.91. The van der Waals surface area contributed by atoms with Gasteiger partial charge in [0.15, 0.2) is 11.5 Å². The number of rotatable bonds is 9. The van der Waals surface area contributed by atoms with E-state index >= 15 is 0 Å². The van der Waals surface area contributed by atoms with Crippen molar-refractivity contribution >= 4 is 30.2 Å². The molecule has 0 aliphatic heterocycles. The van der Waals surface area contributed by atoms with E-state index in [4.69, 9.17) is 18.9 Å². The molecule has 0 fully saturated rings. The molecule has 2 N–H and O–H groups in total. The van der Waals surface area contributed by atoms with Gasteiger partial charge in [-0.05, 0) is 29.7 Å². The highest BCUT2D eigenvalue weighted by molar-refractivity contribution is 7.13. The number of thiazole rings is 1. The van der Waals surface area contributed by atoms with Crippen LogP contribution in [-0.2, 0) is 6.61 Å². The molecular formula is C20H20BNO7S. The van der Waals surface area contributed by atoms with Crippen molar-refractivity contribution in [3.8, 4) is 33.6 Å². The van der Waals surface area contributed by atoms with Crippen molar-refractivity contribution in [2.45, 2.75) is 6.61 Å². The third-order valence-electron chi connectivity index (χ3n) is 4.34. The van der Waals surface area contributed by atoms with E-state index in [1.54, 1.807) is 20.3 Å². The lowest BCUT2D eigenvalue weighted by Gasteiger charge is -2.13. The molecule has 0 spiro atoms. The number of aldehydes is 1. The quantitative estimate of drug-likeness (QED) is 0.393. The number of hydrogen-bond acceptors (Lipinski definition) is 9. The number of ether oxygens (including phenoxy) is 4. The van der Waals surface area contributed by atoms with Crippen molar-refractivity contribution in [3.63, 3.8) is 0 Å². The average molecular weight is 429 g/mol. The molecule has 1 heterocycles. The van der Waals surface area contributed by atoms with Crippen LogP contribution in [0.1, 0.15) is 16.1 Å². The fraction of sp³-hybridized carbons (Fsp3) is 0.200. The second-order valence-corrected chi connectivity index (χ2v) is 6.98. The van der Waals surface area contributed by atoms with Crippen LogP contribution < -0.4 is 24.4 Å². The Bertz CT molecular complexity index is 1040. The Hall–Kier alpha value is -3.08. The highest BCUT2D eigenvalue weighted by Gasteiger charge is 2.20. The van der Waals surface area contributed by atoms with Gasteiger partial charge >= 0.3 is 7.12 Å². The first-order valence-corrected chi connectivity index (χ1v) is 9.71. The first-order valence-electron chi connectivity index (χ1n) is 8.83. The van der Waals surface area contributed by atoms with Gasteiger partial charge < -0.3 is 29.0 Å². The van der Waals surface area contributed by atoms with E-state index in [-0.39, 0.29) is 23.4 Å². The lowest BCUT2D eigenvalue weighted by Crippen LogP contribution is -2.33. The molecule has 0 bridgehead atoms. The van der Waals surface area contributed by atoms with Gasteiger partial charge in [-0.15, -0.1) is 11.3 Å². The Morgan fingerprint density at radius 3 is 2.43 bits per heavy atom. The molecule has 0 amide bonds. The molecule has 10 heteroatoms. The predicted molar refractivity (Wildman–Crippen MR) is 113 cm³/mol. The van der Waals surface area contributed by atoms with Crippen LogP contribution in [-0.4, -0.2) is 49.8 Å². The van der Waals surface area contributed by atoms with Gasteiger partial charge in [-0.3, -0.25) is 4.79 Å². The monoisotopic (exact) mass is 429 g/mol. The van der Waals surface area contributed by atoms with Gasteiger partial charge in [0.1, 0.15) is 29.4 Å². The van der Waals surface area contributed by atoms with Crippen LogP contribution in [0.15, 0.2) is 35.7 Å². The molecule has 0 atom stereocenters. The Balaban J connectivity index is 1.82. The molecule has 0 aliphatic rings. The van der Waals surface area contributed by atoms with E-state index in [0.717, 1.165) is 10.6 Å². The lowest BCUT2D eigenvalue weighted by atomic mass is 9.77. The number of hydrogen-bond donors (Lipinski definition) is 2. The second kappa shape index (κ2) is 9.62. The summed E-state index contributed by atoms with van der Waals surface area (Å²) in [5.41, 5.74) is 1.63. The normalized spacial score (nSPS) is 10.4. The van der Waals surface area contributed by atoms with Crippen molar-refractivity contribution in [3.05, 3.63) is 47.0 Å². The van der Waals surface area contributed by atoms with E-state index in [9.17, 15) is 14.8 Å². The SMILES string of the molecule is COc1ccc(-c2nc(COc3cc(B(O)O)c(C=O)cc3OC)cs2)c(OC)c1. The van der Waals surface area contributed by atoms with Gasteiger partial charge in [-0.25, -0.2) is 4.98 Å². The Kier molecular flexibility index (Phi) is 6.93. The Labute approximate surface area is 177 Å². The van der Waals surface area contributed by atoms with E-state index in [1.165, 1.54) is 30.6 Å². The van der Waals surface area contributed by atoms with Gasteiger partial charge in [0.05, 0.1) is 32.6 Å². The van der Waals surface area contributed by atoms with Crippen molar-refractivity contribution in [1.29, 1.82) is 0 Å². The third-order valence-corrected chi connectivity index (χ3v) is 5.27. The summed E-state index contributed by atoms with van der Waals surface area (Å²) < 4.78 is 21.7. The van der Waals surface area contributed by atoms with Crippen molar-refractivity contribution in [2.24, 2.45) is 0 Å². The second-order valence-electron chi connectivity index (χ2n) is 6.12. The van der Waals surface area contributed by atoms with Crippen molar-refractivity contribution in [1.82, 2.24) is 4.98 Å². The van der Waals surface area contributed by atoms with E-state index in [1.807, 2.05) is 17.5 Å². The first-order chi connectivity index (χ1) is 14.5. The highest BCUT2D eigenvalue weighted by atomic mass is 32.1. The van der Waals surface area contributed by atoms with Crippen LogP contribution in [0.2, 0.25) is 0 Å². The van der Waals surface area contributed by atoms with Crippen LogP contribution in [0.3, 0.4) is 0 Å². The summed E-state index contributed by atoms with van der Waals surface area (Å²) in [6.07, 6.45) is 0.524. The molecule has 3 aromatic rings. The van der Waals surface area contributed by atoms with Crippen LogP contribution in [0.5, 0.6) is 23.0 Å². The van der Waals surface area contributed by atoms with Gasteiger partial charge in [-0.1, -0.05) is 0 Å². The molecule has 0 unspecified atom stereocenters. The zero-order chi connectivity index (χ0) is 21.7. The zero-order valence-corrected chi connectivity index (χ0v) is 17.4. The number of carbonyl (C=O) groups excluding carboxylic acids is 1. The molecule has 30 heavy (non-hydrogen) atoms. The molecule has 1 aromatic heterocycles. The first kappa shape index (κ1) is 21.6. The van der Waals surface area contributed by atoms with Gasteiger partial charge in [0.2, 0.25) is 0 Å². The summed E-state index contributed by atoms with van der Waals surface area (Å²) in [5, 5.41) is 21.6. The Morgan fingerprint density at radius 2 is 1.80 bits per heavy atom. The van der Waals surface area contributed by atoms with Gasteiger partial charge in [-0.2, -0.15) is 0 Å². The number of nitrogens with zero attached hydrogens (tertiary/aromatic N) is 1. The zero-order valence-electron chi connectivity index (χ0n) is 16.6. The number of benzene rings is 2. The van der Waals surface area contributed by atoms with Crippen LogP contribution in [0, 0.1) is 0 Å². The molecule has 0 saturated heterocycles. The molecule has 0 saturated carbocycles. The minimum absolute atomic E-state index is 0.0303. The topological polar surface area (TPSA) is 107 Å². The largest absolute Gasteiger partial charge is 0.497 e. The Morgan fingerprint density at radius 1 is 1.03 bits per heavy atom. The molecule has 156 valence electrons. The van der Waals surface area contributed by atoms with E-state index in [0.29, 0.717) is 29.2 Å². The van der Waals surface area contributed by atoms with E-state index in [2.05, 4.69) is 4.98 Å². The summed E-state index contributed by atoms with van der Waals surface area (Å²) in [6.45, 7) is 0.118. The van der Waals surface area contributed by atoms with Gasteiger partial charge in [0.25, 0.3) is 0 Å². The molecule has 0 radical (unpaired) electrons. The average Bonchev–Trinajstić information content (AvgIpc) is 3.25. The maximum absolute atomic E-state index is 11.2. The lowest BCUT2D eigenvalue weighted by molar-refractivity contribution is 0.112. The molecule has 2 aromatic carbocycles. The molecular weight excluding hydrogens is 409 g/mol.